The fraction of sp³-hybridized carbons (Fsp3) is 1.00. The average molecular weight is 226 g/mol. The Bertz CT molecular complexity index is 180. The van der Waals surface area contributed by atoms with Gasteiger partial charge in [-0.25, -0.2) is 0 Å². The van der Waals surface area contributed by atoms with Gasteiger partial charge in [0.25, 0.3) is 0 Å². The van der Waals surface area contributed by atoms with Crippen LogP contribution >= 0.6 is 0 Å². The minimum atomic E-state index is 0.792. The SMILES string of the molecule is CCC(C(C)C)N1CCCCC1CCNC. The molecule has 1 heterocycles. The highest BCUT2D eigenvalue weighted by Gasteiger charge is 2.28. The number of hydrogen-bond acceptors (Lipinski definition) is 2. The van der Waals surface area contributed by atoms with Crippen LogP contribution in [0.25, 0.3) is 0 Å². The Morgan fingerprint density at radius 3 is 2.62 bits per heavy atom. The number of hydrogen-bond donors (Lipinski definition) is 1. The number of nitrogens with one attached hydrogen (secondary N) is 1. The van der Waals surface area contributed by atoms with Crippen LogP contribution in [-0.4, -0.2) is 37.1 Å². The summed E-state index contributed by atoms with van der Waals surface area (Å²) in [5, 5.41) is 3.30. The van der Waals surface area contributed by atoms with Gasteiger partial charge in [0.15, 0.2) is 0 Å². The first-order chi connectivity index (χ1) is 7.70. The Morgan fingerprint density at radius 2 is 2.06 bits per heavy atom. The molecule has 0 bridgehead atoms. The smallest absolute Gasteiger partial charge is 0.0119 e. The molecule has 1 aliphatic heterocycles. The van der Waals surface area contributed by atoms with Gasteiger partial charge in [-0.2, -0.15) is 0 Å². The van der Waals surface area contributed by atoms with Gasteiger partial charge in [0.2, 0.25) is 0 Å². The standard InChI is InChI=1S/C14H30N2/c1-5-14(12(2)3)16-11-7-6-8-13(16)9-10-15-4/h12-15H,5-11H2,1-4H3. The largest absolute Gasteiger partial charge is 0.320 e. The number of rotatable bonds is 6. The summed E-state index contributed by atoms with van der Waals surface area (Å²) in [4.78, 5) is 2.80. The maximum atomic E-state index is 3.30. The lowest BCUT2D eigenvalue weighted by molar-refractivity contribution is 0.0624. The minimum Gasteiger partial charge on any atom is -0.320 e. The van der Waals surface area contributed by atoms with E-state index in [0.29, 0.717) is 0 Å². The molecule has 0 aliphatic carbocycles. The first-order valence-corrected chi connectivity index (χ1v) is 7.11. The van der Waals surface area contributed by atoms with Crippen molar-refractivity contribution in [1.82, 2.24) is 10.2 Å². The molecule has 2 nitrogen and oxygen atoms in total. The Labute approximate surface area is 102 Å². The van der Waals surface area contributed by atoms with Crippen molar-refractivity contribution >= 4 is 0 Å². The van der Waals surface area contributed by atoms with Crippen LogP contribution in [0.3, 0.4) is 0 Å². The Hall–Kier alpha value is -0.0800. The molecule has 1 aliphatic rings. The van der Waals surface area contributed by atoms with Crippen molar-refractivity contribution in [2.75, 3.05) is 20.1 Å². The highest BCUT2D eigenvalue weighted by molar-refractivity contribution is 4.84. The van der Waals surface area contributed by atoms with E-state index in [4.69, 9.17) is 0 Å². The molecule has 96 valence electrons. The summed E-state index contributed by atoms with van der Waals surface area (Å²) < 4.78 is 0. The first-order valence-electron chi connectivity index (χ1n) is 7.11. The monoisotopic (exact) mass is 226 g/mol. The quantitative estimate of drug-likeness (QED) is 0.749. The number of piperidine rings is 1. The molecular formula is C14H30N2. The van der Waals surface area contributed by atoms with Crippen LogP contribution in [0, 0.1) is 5.92 Å². The van der Waals surface area contributed by atoms with Gasteiger partial charge < -0.3 is 5.32 Å². The minimum absolute atomic E-state index is 0.792. The summed E-state index contributed by atoms with van der Waals surface area (Å²) >= 11 is 0. The molecule has 2 unspecified atom stereocenters. The van der Waals surface area contributed by atoms with Crippen LogP contribution in [0.1, 0.15) is 52.9 Å². The fourth-order valence-corrected chi connectivity index (χ4v) is 3.17. The van der Waals surface area contributed by atoms with Crippen LogP contribution in [0.15, 0.2) is 0 Å². The van der Waals surface area contributed by atoms with E-state index in [9.17, 15) is 0 Å². The second-order valence-electron chi connectivity index (χ2n) is 5.50. The molecule has 2 heteroatoms. The molecule has 0 radical (unpaired) electrons. The summed E-state index contributed by atoms with van der Waals surface area (Å²) in [6, 6.07) is 1.62. The molecule has 0 aromatic heterocycles. The maximum absolute atomic E-state index is 3.30. The van der Waals surface area contributed by atoms with Crippen LogP contribution in [0.2, 0.25) is 0 Å². The molecule has 2 atom stereocenters. The van der Waals surface area contributed by atoms with Crippen molar-refractivity contribution < 1.29 is 0 Å². The zero-order valence-electron chi connectivity index (χ0n) is 11.6. The van der Waals surface area contributed by atoms with E-state index in [1.54, 1.807) is 0 Å². The molecule has 16 heavy (non-hydrogen) atoms. The van der Waals surface area contributed by atoms with Gasteiger partial charge in [0, 0.05) is 12.1 Å². The third-order valence-electron chi connectivity index (χ3n) is 4.01. The molecule has 0 aromatic rings. The van der Waals surface area contributed by atoms with Crippen molar-refractivity contribution in [2.24, 2.45) is 5.92 Å². The zero-order chi connectivity index (χ0) is 12.0. The maximum Gasteiger partial charge on any atom is 0.0119 e. The van der Waals surface area contributed by atoms with Crippen molar-refractivity contribution in [1.29, 1.82) is 0 Å². The number of nitrogens with zero attached hydrogens (tertiary/aromatic N) is 1. The lowest BCUT2D eigenvalue weighted by Gasteiger charge is -2.43. The van der Waals surface area contributed by atoms with Gasteiger partial charge >= 0.3 is 0 Å². The lowest BCUT2D eigenvalue weighted by Crippen LogP contribution is -2.49. The summed E-state index contributed by atoms with van der Waals surface area (Å²) in [5.41, 5.74) is 0. The summed E-state index contributed by atoms with van der Waals surface area (Å²) in [6.45, 7) is 9.57. The Kier molecular flexibility index (Phi) is 6.37. The van der Waals surface area contributed by atoms with Crippen LogP contribution in [-0.2, 0) is 0 Å². The van der Waals surface area contributed by atoms with Crippen molar-refractivity contribution in [3.63, 3.8) is 0 Å². The summed E-state index contributed by atoms with van der Waals surface area (Å²) in [6.07, 6.45) is 6.86. The van der Waals surface area contributed by atoms with Crippen molar-refractivity contribution in [3.8, 4) is 0 Å². The second-order valence-corrected chi connectivity index (χ2v) is 5.50. The lowest BCUT2D eigenvalue weighted by atomic mass is 9.92. The summed E-state index contributed by atoms with van der Waals surface area (Å²) in [7, 11) is 2.06. The van der Waals surface area contributed by atoms with Gasteiger partial charge in [0.1, 0.15) is 0 Å². The Balaban J connectivity index is 2.57. The van der Waals surface area contributed by atoms with Crippen LogP contribution in [0.5, 0.6) is 0 Å². The predicted molar refractivity (Wildman–Crippen MR) is 71.8 cm³/mol. The van der Waals surface area contributed by atoms with Gasteiger partial charge in [-0.1, -0.05) is 27.2 Å². The molecule has 0 spiro atoms. The molecule has 1 fully saturated rings. The number of likely N-dealkylation sites (tertiary alicyclic amines) is 1. The van der Waals surface area contributed by atoms with E-state index in [1.165, 1.54) is 38.6 Å². The second kappa shape index (κ2) is 7.29. The summed E-state index contributed by atoms with van der Waals surface area (Å²) in [5.74, 6) is 0.792. The Morgan fingerprint density at radius 1 is 1.31 bits per heavy atom. The van der Waals surface area contributed by atoms with E-state index in [2.05, 4.69) is 38.0 Å². The van der Waals surface area contributed by atoms with Crippen molar-refractivity contribution in [3.05, 3.63) is 0 Å². The first kappa shape index (κ1) is 14.0. The highest BCUT2D eigenvalue weighted by Crippen LogP contribution is 2.26. The zero-order valence-corrected chi connectivity index (χ0v) is 11.6. The van der Waals surface area contributed by atoms with Gasteiger partial charge in [0.05, 0.1) is 0 Å². The van der Waals surface area contributed by atoms with E-state index in [-0.39, 0.29) is 0 Å². The van der Waals surface area contributed by atoms with Gasteiger partial charge in [-0.3, -0.25) is 4.90 Å². The molecule has 1 saturated heterocycles. The van der Waals surface area contributed by atoms with E-state index < -0.39 is 0 Å². The fourth-order valence-electron chi connectivity index (χ4n) is 3.17. The van der Waals surface area contributed by atoms with Gasteiger partial charge in [-0.15, -0.1) is 0 Å². The van der Waals surface area contributed by atoms with E-state index >= 15 is 0 Å². The van der Waals surface area contributed by atoms with E-state index in [1.807, 2.05) is 0 Å². The normalized spacial score (nSPS) is 24.9. The topological polar surface area (TPSA) is 15.3 Å². The molecule has 0 aromatic carbocycles. The van der Waals surface area contributed by atoms with Crippen LogP contribution < -0.4 is 5.32 Å². The van der Waals surface area contributed by atoms with Crippen molar-refractivity contribution in [2.45, 2.75) is 65.0 Å². The van der Waals surface area contributed by atoms with Crippen LogP contribution in [0.4, 0.5) is 0 Å². The average Bonchev–Trinajstić information content (AvgIpc) is 2.28. The van der Waals surface area contributed by atoms with Gasteiger partial charge in [-0.05, 0) is 51.7 Å². The third kappa shape index (κ3) is 3.74. The molecule has 1 rings (SSSR count). The molecule has 0 amide bonds. The third-order valence-corrected chi connectivity index (χ3v) is 4.01. The molecular weight excluding hydrogens is 196 g/mol. The molecule has 0 saturated carbocycles. The molecule has 1 N–H and O–H groups in total. The predicted octanol–water partition coefficient (Wildman–Crippen LogP) is 2.89. The van der Waals surface area contributed by atoms with E-state index in [0.717, 1.165) is 24.5 Å². The highest BCUT2D eigenvalue weighted by atomic mass is 15.2.